The predicted octanol–water partition coefficient (Wildman–Crippen LogP) is -0.625. The van der Waals surface area contributed by atoms with Crippen LogP contribution >= 0.6 is 0 Å². The first-order valence-electron chi connectivity index (χ1n) is 16.8. The lowest BCUT2D eigenvalue weighted by atomic mass is 10.00. The smallest absolute Gasteiger partial charge is 0.326 e. The van der Waals surface area contributed by atoms with Crippen LogP contribution in [0.1, 0.15) is 99.8 Å². The number of carboxylic acid groups (broad SMARTS) is 1. The van der Waals surface area contributed by atoms with Gasteiger partial charge in [-0.2, -0.15) is 0 Å². The van der Waals surface area contributed by atoms with Crippen molar-refractivity contribution in [2.75, 3.05) is 6.54 Å². The Morgan fingerprint density at radius 1 is 0.562 bits per heavy atom. The second-order valence-corrected chi connectivity index (χ2v) is 13.6. The van der Waals surface area contributed by atoms with E-state index in [1.807, 2.05) is 41.5 Å². The zero-order valence-corrected chi connectivity index (χ0v) is 29.6. The van der Waals surface area contributed by atoms with Crippen LogP contribution in [0.3, 0.4) is 0 Å². The van der Waals surface area contributed by atoms with E-state index in [0.29, 0.717) is 25.8 Å². The molecule has 276 valence electrons. The van der Waals surface area contributed by atoms with Gasteiger partial charge in [0.05, 0.1) is 6.04 Å². The summed E-state index contributed by atoms with van der Waals surface area (Å²) in [7, 11) is 0. The van der Waals surface area contributed by atoms with Crippen LogP contribution in [0.2, 0.25) is 0 Å². The van der Waals surface area contributed by atoms with E-state index in [1.54, 1.807) is 0 Å². The Hall–Kier alpha value is -3.79. The highest BCUT2D eigenvalue weighted by Crippen LogP contribution is 2.11. The highest BCUT2D eigenvalue weighted by Gasteiger charge is 2.32. The van der Waals surface area contributed by atoms with Crippen LogP contribution in [0.5, 0.6) is 0 Å². The van der Waals surface area contributed by atoms with E-state index in [4.69, 9.17) is 17.2 Å². The minimum absolute atomic E-state index is 0.0274. The van der Waals surface area contributed by atoms with Crippen LogP contribution in [-0.4, -0.2) is 89.3 Å². The summed E-state index contributed by atoms with van der Waals surface area (Å²) in [5.41, 5.74) is 16.9. The molecule has 0 aromatic rings. The molecule has 48 heavy (non-hydrogen) atoms. The van der Waals surface area contributed by atoms with E-state index in [0.717, 1.165) is 0 Å². The summed E-state index contributed by atoms with van der Waals surface area (Å²) in [5, 5.41) is 22.3. The molecule has 0 saturated carbocycles. The molecule has 0 bridgehead atoms. The van der Waals surface area contributed by atoms with Gasteiger partial charge in [0, 0.05) is 6.42 Å². The van der Waals surface area contributed by atoms with Crippen LogP contribution in [0.4, 0.5) is 0 Å². The molecule has 0 unspecified atom stereocenters. The van der Waals surface area contributed by atoms with Crippen molar-refractivity contribution >= 4 is 41.4 Å². The van der Waals surface area contributed by atoms with Gasteiger partial charge in [0.1, 0.15) is 30.2 Å². The van der Waals surface area contributed by atoms with Gasteiger partial charge in [-0.25, -0.2) is 4.79 Å². The first-order valence-corrected chi connectivity index (χ1v) is 16.8. The van der Waals surface area contributed by atoms with Crippen molar-refractivity contribution in [1.82, 2.24) is 26.6 Å². The van der Waals surface area contributed by atoms with Crippen molar-refractivity contribution in [1.29, 1.82) is 0 Å². The quantitative estimate of drug-likeness (QED) is 0.0581. The molecule has 0 aromatic heterocycles. The van der Waals surface area contributed by atoms with Crippen LogP contribution in [-0.2, 0) is 33.6 Å². The molecule has 0 heterocycles. The number of carboxylic acids is 1. The average Bonchev–Trinajstić information content (AvgIpc) is 2.96. The molecular weight excluding hydrogens is 624 g/mol. The third-order valence-electron chi connectivity index (χ3n) is 7.37. The first kappa shape index (κ1) is 44.2. The Balaban J connectivity index is 5.84. The van der Waals surface area contributed by atoms with Gasteiger partial charge in [0.15, 0.2) is 0 Å². The van der Waals surface area contributed by atoms with Crippen molar-refractivity contribution in [2.24, 2.45) is 35.0 Å². The van der Waals surface area contributed by atoms with Crippen LogP contribution in [0.25, 0.3) is 0 Å². The molecule has 0 aromatic carbocycles. The van der Waals surface area contributed by atoms with Crippen molar-refractivity contribution < 1.29 is 38.7 Å². The number of nitrogens with one attached hydrogen (secondary N) is 5. The van der Waals surface area contributed by atoms with Gasteiger partial charge in [-0.3, -0.25) is 28.8 Å². The van der Waals surface area contributed by atoms with Crippen molar-refractivity contribution in [3.8, 4) is 0 Å². The van der Waals surface area contributed by atoms with Crippen molar-refractivity contribution in [3.63, 3.8) is 0 Å². The van der Waals surface area contributed by atoms with Gasteiger partial charge in [0.2, 0.25) is 35.4 Å². The summed E-state index contributed by atoms with van der Waals surface area (Å²) in [6.45, 7) is 12.9. The normalized spacial score (nSPS) is 15.1. The minimum atomic E-state index is -1.33. The zero-order chi connectivity index (χ0) is 37.1. The lowest BCUT2D eigenvalue weighted by molar-refractivity contribution is -0.143. The third kappa shape index (κ3) is 18.5. The molecule has 16 nitrogen and oxygen atoms in total. The number of nitrogens with two attached hydrogens (primary N) is 3. The number of carbonyl (C=O) groups excluding carboxylic acids is 6. The van der Waals surface area contributed by atoms with Crippen molar-refractivity contribution in [3.05, 3.63) is 0 Å². The number of primary amides is 1. The van der Waals surface area contributed by atoms with Gasteiger partial charge >= 0.3 is 5.97 Å². The molecule has 0 aliphatic heterocycles. The Bertz CT molecular complexity index is 1080. The molecule has 0 rings (SSSR count). The number of amides is 6. The zero-order valence-electron chi connectivity index (χ0n) is 29.6. The Morgan fingerprint density at radius 3 is 1.50 bits per heavy atom. The molecule has 0 aliphatic rings. The summed E-state index contributed by atoms with van der Waals surface area (Å²) in [5.74, 6) is -5.33. The fourth-order valence-electron chi connectivity index (χ4n) is 4.83. The second-order valence-electron chi connectivity index (χ2n) is 13.6. The Kier molecular flexibility index (Phi) is 20.9. The lowest BCUT2D eigenvalue weighted by Gasteiger charge is -2.27. The standard InChI is InChI=1S/C32H60N8O8/c1-17(2)14-21(34)28(43)38-22(10-8-9-13-33)29(44)36-20(7)27(42)37-23(11-12-26(35)41)30(45)39-24(15-18(3)4)31(46)40-25(32(47)48)16-19(5)6/h17-25H,8-16,33-34H2,1-7H3,(H2,35,41)(H,36,44)(H,37,42)(H,38,43)(H,39,45)(H,40,46)(H,47,48)/t20-,21-,22-,23-,24-,25-/m0/s1. The average molecular weight is 685 g/mol. The van der Waals surface area contributed by atoms with Gasteiger partial charge < -0.3 is 48.9 Å². The number of hydrogen-bond acceptors (Lipinski definition) is 9. The highest BCUT2D eigenvalue weighted by atomic mass is 16.4. The SMILES string of the molecule is CC(C)C[C@H](NC(=O)[C@H](CC(C)C)NC(=O)[C@H](CCC(N)=O)NC(=O)[C@H](C)NC(=O)[C@H](CCCCN)NC(=O)[C@@H](N)CC(C)C)C(=O)O. The van der Waals surface area contributed by atoms with Crippen LogP contribution in [0.15, 0.2) is 0 Å². The number of rotatable bonds is 24. The minimum Gasteiger partial charge on any atom is -0.480 e. The van der Waals surface area contributed by atoms with E-state index in [9.17, 15) is 38.7 Å². The number of unbranched alkanes of at least 4 members (excludes halogenated alkanes) is 1. The largest absolute Gasteiger partial charge is 0.480 e. The number of aliphatic carboxylic acids is 1. The van der Waals surface area contributed by atoms with E-state index in [1.165, 1.54) is 6.92 Å². The number of carbonyl (C=O) groups is 7. The summed E-state index contributed by atoms with van der Waals surface area (Å²) in [4.78, 5) is 88.9. The fraction of sp³-hybridized carbons (Fsp3) is 0.781. The maximum Gasteiger partial charge on any atom is 0.326 e. The van der Waals surface area contributed by atoms with Gasteiger partial charge in [0.25, 0.3) is 0 Å². The molecule has 12 N–H and O–H groups in total. The molecule has 0 saturated heterocycles. The van der Waals surface area contributed by atoms with Crippen LogP contribution < -0.4 is 43.8 Å². The molecule has 6 atom stereocenters. The van der Waals surface area contributed by atoms with Crippen molar-refractivity contribution in [2.45, 2.75) is 136 Å². The summed E-state index contributed by atoms with van der Waals surface area (Å²) < 4.78 is 0. The molecule has 0 radical (unpaired) electrons. The second kappa shape index (κ2) is 22.7. The molecule has 6 amide bonds. The molecule has 16 heteroatoms. The van der Waals surface area contributed by atoms with E-state index < -0.39 is 77.7 Å². The Labute approximate surface area is 284 Å². The molecule has 0 fully saturated rings. The van der Waals surface area contributed by atoms with Gasteiger partial charge in [-0.05, 0) is 76.2 Å². The summed E-state index contributed by atoms with van der Waals surface area (Å²) in [6.07, 6.45) is 1.64. The maximum atomic E-state index is 13.4. The first-order chi connectivity index (χ1) is 22.3. The topological polar surface area (TPSA) is 278 Å². The summed E-state index contributed by atoms with van der Waals surface area (Å²) in [6, 6.07) is -6.64. The lowest BCUT2D eigenvalue weighted by Crippen LogP contribution is -2.59. The van der Waals surface area contributed by atoms with E-state index >= 15 is 0 Å². The van der Waals surface area contributed by atoms with Crippen LogP contribution in [0, 0.1) is 17.8 Å². The van der Waals surface area contributed by atoms with E-state index in [-0.39, 0.29) is 49.9 Å². The van der Waals surface area contributed by atoms with Gasteiger partial charge in [-0.15, -0.1) is 0 Å². The fourth-order valence-corrected chi connectivity index (χ4v) is 4.83. The third-order valence-corrected chi connectivity index (χ3v) is 7.37. The highest BCUT2D eigenvalue weighted by molar-refractivity contribution is 5.96. The maximum absolute atomic E-state index is 13.4. The monoisotopic (exact) mass is 684 g/mol. The van der Waals surface area contributed by atoms with Gasteiger partial charge in [-0.1, -0.05) is 41.5 Å². The summed E-state index contributed by atoms with van der Waals surface area (Å²) >= 11 is 0. The predicted molar refractivity (Wildman–Crippen MR) is 181 cm³/mol. The molecule has 0 spiro atoms. The molecule has 0 aliphatic carbocycles. The molecular formula is C32H60N8O8. The number of hydrogen-bond donors (Lipinski definition) is 9. The Morgan fingerprint density at radius 2 is 1.00 bits per heavy atom. The van der Waals surface area contributed by atoms with E-state index in [2.05, 4.69) is 26.6 Å².